The summed E-state index contributed by atoms with van der Waals surface area (Å²) in [5.74, 6) is -0.0983. The molecule has 13 heteroatoms. The third-order valence-electron chi connectivity index (χ3n) is 4.72. The van der Waals surface area contributed by atoms with E-state index in [1.165, 1.54) is 49.4 Å². The van der Waals surface area contributed by atoms with Crippen molar-refractivity contribution in [3.63, 3.8) is 0 Å². The van der Waals surface area contributed by atoms with Crippen LogP contribution in [0.1, 0.15) is 17.6 Å². The number of carbonyl (C=O) groups is 1. The Morgan fingerprint density at radius 2 is 1.85 bits per heavy atom. The summed E-state index contributed by atoms with van der Waals surface area (Å²) in [5, 5.41) is 5.99. The number of anilines is 2. The number of fused-ring (bicyclic) bond motifs is 1. The average molecular weight is 519 g/mol. The zero-order valence-corrected chi connectivity index (χ0v) is 20.4. The minimum absolute atomic E-state index is 0.0772. The number of aryl methyl sites for hydroxylation is 1. The Hall–Kier alpha value is -3.48. The zero-order valence-electron chi connectivity index (χ0n) is 18.0. The molecular weight excluding hydrogens is 500 g/mol. The van der Waals surface area contributed by atoms with Gasteiger partial charge < -0.3 is 10.6 Å². The molecule has 0 fully saturated rings. The second kappa shape index (κ2) is 9.41. The van der Waals surface area contributed by atoms with Gasteiger partial charge in [0, 0.05) is 29.4 Å². The highest BCUT2D eigenvalue weighted by atomic mass is 35.5. The molecule has 1 amide bonds. The predicted octanol–water partition coefficient (Wildman–Crippen LogP) is 3.32. The summed E-state index contributed by atoms with van der Waals surface area (Å²) in [6, 6.07) is 10.6. The van der Waals surface area contributed by atoms with Gasteiger partial charge in [-0.3, -0.25) is 9.59 Å². The molecule has 4 rings (SSSR count). The van der Waals surface area contributed by atoms with Crippen molar-refractivity contribution in [1.82, 2.24) is 14.6 Å². The first kappa shape index (κ1) is 23.7. The molecule has 0 spiro atoms. The van der Waals surface area contributed by atoms with Crippen LogP contribution in [0.25, 0.3) is 10.9 Å². The third kappa shape index (κ3) is 5.19. The van der Waals surface area contributed by atoms with Crippen LogP contribution in [-0.2, 0) is 21.4 Å². The van der Waals surface area contributed by atoms with Crippen molar-refractivity contribution in [2.24, 2.45) is 0 Å². The van der Waals surface area contributed by atoms with Gasteiger partial charge in [-0.1, -0.05) is 11.6 Å². The van der Waals surface area contributed by atoms with Crippen LogP contribution in [0.15, 0.2) is 58.4 Å². The van der Waals surface area contributed by atoms with Crippen LogP contribution in [0.5, 0.6) is 0 Å². The van der Waals surface area contributed by atoms with Crippen molar-refractivity contribution in [2.45, 2.75) is 25.3 Å². The highest BCUT2D eigenvalue weighted by Crippen LogP contribution is 2.21. The Labute approximate surface area is 203 Å². The number of halogens is 1. The van der Waals surface area contributed by atoms with E-state index in [0.29, 0.717) is 27.9 Å². The van der Waals surface area contributed by atoms with E-state index in [2.05, 4.69) is 25.4 Å². The lowest BCUT2D eigenvalue weighted by atomic mass is 10.2. The molecular formula is C21H19ClN6O4S2. The summed E-state index contributed by atoms with van der Waals surface area (Å²) in [5.41, 5.74) is 0.977. The van der Waals surface area contributed by atoms with Crippen LogP contribution >= 0.6 is 22.9 Å². The van der Waals surface area contributed by atoms with Crippen LogP contribution < -0.4 is 21.0 Å². The summed E-state index contributed by atoms with van der Waals surface area (Å²) < 4.78 is 27.1. The molecule has 0 unspecified atom stereocenters. The van der Waals surface area contributed by atoms with Crippen LogP contribution in [0, 0.1) is 6.92 Å². The molecule has 34 heavy (non-hydrogen) atoms. The van der Waals surface area contributed by atoms with Crippen LogP contribution in [0.2, 0.25) is 4.47 Å². The number of benzene rings is 2. The molecule has 0 bridgehead atoms. The molecule has 176 valence electrons. The Bertz CT molecular complexity index is 1550. The lowest BCUT2D eigenvalue weighted by molar-refractivity contribution is -0.114. The van der Waals surface area contributed by atoms with Crippen molar-refractivity contribution >= 4 is 61.1 Å². The van der Waals surface area contributed by atoms with Gasteiger partial charge in [-0.25, -0.2) is 14.8 Å². The number of carbonyl (C=O) groups excluding carboxylic acids is 1. The molecule has 2 heterocycles. The van der Waals surface area contributed by atoms with Gasteiger partial charge in [0.05, 0.1) is 22.3 Å². The number of nitrogens with one attached hydrogen (secondary N) is 3. The highest BCUT2D eigenvalue weighted by molar-refractivity contribution is 7.92. The van der Waals surface area contributed by atoms with E-state index in [1.807, 2.05) is 0 Å². The second-order valence-electron chi connectivity index (χ2n) is 7.26. The standard InChI is InChI=1S/C21H19ClN6O4S2/c1-12-25-19-8-5-15(23-10-16-11-24-21(22)33-16)9-18(19)20(30)28(12)27-34(31,32)17-6-3-14(4-7-17)26-13(2)29/h3-9,11,23,27H,10H2,1-2H3,(H,26,29). The summed E-state index contributed by atoms with van der Waals surface area (Å²) >= 11 is 7.19. The van der Waals surface area contributed by atoms with Crippen molar-refractivity contribution in [3.05, 3.63) is 74.2 Å². The Balaban J connectivity index is 1.62. The fourth-order valence-corrected chi connectivity index (χ4v) is 5.13. The first-order valence-electron chi connectivity index (χ1n) is 9.90. The monoisotopic (exact) mass is 518 g/mol. The van der Waals surface area contributed by atoms with Crippen molar-refractivity contribution in [2.75, 3.05) is 15.5 Å². The number of hydrogen-bond acceptors (Lipinski definition) is 8. The van der Waals surface area contributed by atoms with E-state index in [-0.39, 0.29) is 22.0 Å². The van der Waals surface area contributed by atoms with Gasteiger partial charge in [-0.2, -0.15) is 13.1 Å². The van der Waals surface area contributed by atoms with Crippen LogP contribution in [0.3, 0.4) is 0 Å². The molecule has 0 radical (unpaired) electrons. The number of sulfonamides is 1. The maximum Gasteiger partial charge on any atom is 0.280 e. The van der Waals surface area contributed by atoms with Gasteiger partial charge in [0.15, 0.2) is 4.47 Å². The SMILES string of the molecule is CC(=O)Nc1ccc(S(=O)(=O)Nn2c(C)nc3ccc(NCc4cnc(Cl)s4)cc3c2=O)cc1. The summed E-state index contributed by atoms with van der Waals surface area (Å²) in [4.78, 5) is 35.8. The molecule has 0 aliphatic rings. The number of rotatable bonds is 7. The largest absolute Gasteiger partial charge is 0.380 e. The van der Waals surface area contributed by atoms with Gasteiger partial charge in [0.1, 0.15) is 5.82 Å². The quantitative estimate of drug-likeness (QED) is 0.341. The van der Waals surface area contributed by atoms with Gasteiger partial charge in [0.25, 0.3) is 15.6 Å². The summed E-state index contributed by atoms with van der Waals surface area (Å²) in [7, 11) is -4.10. The predicted molar refractivity (Wildman–Crippen MR) is 132 cm³/mol. The van der Waals surface area contributed by atoms with Crippen molar-refractivity contribution < 1.29 is 13.2 Å². The van der Waals surface area contributed by atoms with Gasteiger partial charge in [0.2, 0.25) is 5.91 Å². The minimum atomic E-state index is -4.10. The smallest absolute Gasteiger partial charge is 0.280 e. The number of aromatic nitrogens is 3. The lowest BCUT2D eigenvalue weighted by Gasteiger charge is -2.14. The zero-order chi connectivity index (χ0) is 24.5. The molecule has 0 saturated heterocycles. The lowest BCUT2D eigenvalue weighted by Crippen LogP contribution is -2.35. The highest BCUT2D eigenvalue weighted by Gasteiger charge is 2.18. The third-order valence-corrected chi connectivity index (χ3v) is 7.15. The number of amides is 1. The maximum absolute atomic E-state index is 13.2. The van der Waals surface area contributed by atoms with Gasteiger partial charge >= 0.3 is 0 Å². The molecule has 0 aliphatic carbocycles. The summed E-state index contributed by atoms with van der Waals surface area (Å²) in [6.45, 7) is 3.34. The normalized spacial score (nSPS) is 11.4. The Morgan fingerprint density at radius 1 is 1.15 bits per heavy atom. The van der Waals surface area contributed by atoms with E-state index in [0.717, 1.165) is 9.55 Å². The molecule has 2 aromatic heterocycles. The maximum atomic E-state index is 13.2. The number of hydrogen-bond donors (Lipinski definition) is 3. The van der Waals surface area contributed by atoms with Crippen LogP contribution in [0.4, 0.5) is 11.4 Å². The van der Waals surface area contributed by atoms with Gasteiger partial charge in [-0.05, 0) is 49.4 Å². The van der Waals surface area contributed by atoms with Crippen LogP contribution in [-0.4, -0.2) is 29.0 Å². The number of thiazole rings is 1. The summed E-state index contributed by atoms with van der Waals surface area (Å²) in [6.07, 6.45) is 1.66. The second-order valence-corrected chi connectivity index (χ2v) is 10.6. The first-order valence-corrected chi connectivity index (χ1v) is 12.6. The molecule has 2 aromatic carbocycles. The molecule has 3 N–H and O–H groups in total. The molecule has 0 atom stereocenters. The van der Waals surface area contributed by atoms with E-state index >= 15 is 0 Å². The van der Waals surface area contributed by atoms with E-state index in [1.54, 1.807) is 24.4 Å². The minimum Gasteiger partial charge on any atom is -0.380 e. The Morgan fingerprint density at radius 3 is 2.50 bits per heavy atom. The van der Waals surface area contributed by atoms with E-state index in [4.69, 9.17) is 11.6 Å². The van der Waals surface area contributed by atoms with Gasteiger partial charge in [-0.15, -0.1) is 11.3 Å². The molecule has 4 aromatic rings. The molecule has 0 aliphatic heterocycles. The molecule has 0 saturated carbocycles. The molecule has 10 nitrogen and oxygen atoms in total. The fraction of sp³-hybridized carbons (Fsp3) is 0.143. The Kier molecular flexibility index (Phi) is 6.55. The first-order chi connectivity index (χ1) is 16.1. The van der Waals surface area contributed by atoms with E-state index < -0.39 is 15.6 Å². The van der Waals surface area contributed by atoms with Crippen molar-refractivity contribution in [3.8, 4) is 0 Å². The van der Waals surface area contributed by atoms with E-state index in [9.17, 15) is 18.0 Å². The number of nitrogens with zero attached hydrogens (tertiary/aromatic N) is 3. The average Bonchev–Trinajstić information content (AvgIpc) is 3.20. The van der Waals surface area contributed by atoms with Crippen molar-refractivity contribution in [1.29, 1.82) is 0 Å². The topological polar surface area (TPSA) is 135 Å². The fourth-order valence-electron chi connectivity index (χ4n) is 3.16.